The smallest absolute Gasteiger partial charge is 0.269 e. The minimum Gasteiger partial charge on any atom is -0.326 e. The summed E-state index contributed by atoms with van der Waals surface area (Å²) in [6.07, 6.45) is 0.573. The van der Waals surface area contributed by atoms with Crippen molar-refractivity contribution in [1.82, 2.24) is 4.72 Å². The van der Waals surface area contributed by atoms with Crippen molar-refractivity contribution in [2.45, 2.75) is 17.7 Å². The Morgan fingerprint density at radius 1 is 1.16 bits per heavy atom. The van der Waals surface area contributed by atoms with E-state index in [1.54, 1.807) is 18.2 Å². The molecule has 0 bridgehead atoms. The zero-order valence-electron chi connectivity index (χ0n) is 13.1. The Balaban J connectivity index is 1.63. The van der Waals surface area contributed by atoms with Gasteiger partial charge in [0.05, 0.1) is 16.2 Å². The first kappa shape index (κ1) is 17.1. The van der Waals surface area contributed by atoms with E-state index in [2.05, 4.69) is 10.0 Å². The number of hydrogen-bond donors (Lipinski definition) is 2. The Kier molecular flexibility index (Phi) is 4.51. The Morgan fingerprint density at radius 2 is 1.88 bits per heavy atom. The second-order valence-corrected chi connectivity index (χ2v) is 7.38. The molecule has 8 nitrogen and oxygen atoms in total. The number of nitrogens with zero attached hydrogens (tertiary/aromatic N) is 1. The van der Waals surface area contributed by atoms with E-state index in [1.807, 2.05) is 0 Å². The van der Waals surface area contributed by atoms with Crippen LogP contribution in [-0.4, -0.2) is 25.8 Å². The van der Waals surface area contributed by atoms with Gasteiger partial charge in [-0.3, -0.25) is 14.9 Å². The van der Waals surface area contributed by atoms with Crippen LogP contribution >= 0.6 is 0 Å². The molecule has 2 aromatic carbocycles. The van der Waals surface area contributed by atoms with Crippen LogP contribution in [0.15, 0.2) is 47.4 Å². The second-order valence-electron chi connectivity index (χ2n) is 5.62. The zero-order valence-corrected chi connectivity index (χ0v) is 13.9. The lowest BCUT2D eigenvalue weighted by molar-refractivity contribution is -0.384. The van der Waals surface area contributed by atoms with Gasteiger partial charge in [0, 0.05) is 24.4 Å². The van der Waals surface area contributed by atoms with Gasteiger partial charge in [0.2, 0.25) is 15.9 Å². The SMILES string of the molecule is O=C1Cc2cc(S(=O)(=O)NCCc3ccc([N+](=O)[O-])cc3)ccc2N1. The van der Waals surface area contributed by atoms with E-state index in [0.29, 0.717) is 17.7 Å². The first-order chi connectivity index (χ1) is 11.8. The molecule has 25 heavy (non-hydrogen) atoms. The average molecular weight is 361 g/mol. The zero-order chi connectivity index (χ0) is 18.0. The summed E-state index contributed by atoms with van der Waals surface area (Å²) >= 11 is 0. The number of fused-ring (bicyclic) bond motifs is 1. The highest BCUT2D eigenvalue weighted by Crippen LogP contribution is 2.25. The number of hydrogen-bond acceptors (Lipinski definition) is 5. The summed E-state index contributed by atoms with van der Waals surface area (Å²) in [6, 6.07) is 10.5. The van der Waals surface area contributed by atoms with Gasteiger partial charge in [0.15, 0.2) is 0 Å². The van der Waals surface area contributed by atoms with Crippen molar-refractivity contribution in [2.24, 2.45) is 0 Å². The third kappa shape index (κ3) is 3.83. The van der Waals surface area contributed by atoms with Gasteiger partial charge in [-0.25, -0.2) is 13.1 Å². The topological polar surface area (TPSA) is 118 Å². The summed E-state index contributed by atoms with van der Waals surface area (Å²) in [4.78, 5) is 21.6. The van der Waals surface area contributed by atoms with Gasteiger partial charge in [-0.1, -0.05) is 12.1 Å². The summed E-state index contributed by atoms with van der Waals surface area (Å²) in [7, 11) is -3.69. The van der Waals surface area contributed by atoms with Crippen LogP contribution in [0.3, 0.4) is 0 Å². The van der Waals surface area contributed by atoms with Gasteiger partial charge in [0.25, 0.3) is 5.69 Å². The molecular weight excluding hydrogens is 346 g/mol. The van der Waals surface area contributed by atoms with Crippen molar-refractivity contribution in [3.05, 3.63) is 63.7 Å². The number of nitro benzene ring substituents is 1. The Hall–Kier alpha value is -2.78. The maximum atomic E-state index is 12.3. The number of benzene rings is 2. The molecule has 0 aliphatic carbocycles. The van der Waals surface area contributed by atoms with Crippen LogP contribution in [-0.2, 0) is 27.7 Å². The molecule has 2 N–H and O–H groups in total. The van der Waals surface area contributed by atoms with E-state index in [9.17, 15) is 23.3 Å². The normalized spacial score (nSPS) is 13.4. The van der Waals surface area contributed by atoms with E-state index in [4.69, 9.17) is 0 Å². The van der Waals surface area contributed by atoms with E-state index in [1.165, 1.54) is 24.3 Å². The first-order valence-electron chi connectivity index (χ1n) is 7.51. The fourth-order valence-corrected chi connectivity index (χ4v) is 3.65. The minimum absolute atomic E-state index is 0.00868. The number of nitrogens with one attached hydrogen (secondary N) is 2. The number of amides is 1. The molecule has 0 radical (unpaired) electrons. The Labute approximate surface area is 144 Å². The number of non-ortho nitro benzene ring substituents is 1. The van der Waals surface area contributed by atoms with Crippen molar-refractivity contribution in [3.63, 3.8) is 0 Å². The van der Waals surface area contributed by atoms with E-state index in [-0.39, 0.29) is 29.5 Å². The molecule has 0 saturated carbocycles. The number of carbonyl (C=O) groups excluding carboxylic acids is 1. The standard InChI is InChI=1S/C16H15N3O5S/c20-16-10-12-9-14(5-6-15(12)18-16)25(23,24)17-8-7-11-1-3-13(4-2-11)19(21)22/h1-6,9,17H,7-8,10H2,(H,18,20). The van der Waals surface area contributed by atoms with Crippen molar-refractivity contribution in [1.29, 1.82) is 0 Å². The first-order valence-corrected chi connectivity index (χ1v) is 8.99. The number of rotatable bonds is 6. The number of sulfonamides is 1. The Morgan fingerprint density at radius 3 is 2.56 bits per heavy atom. The quantitative estimate of drug-likeness (QED) is 0.598. The number of carbonyl (C=O) groups is 1. The molecular formula is C16H15N3O5S. The molecule has 0 unspecified atom stereocenters. The lowest BCUT2D eigenvalue weighted by Gasteiger charge is -2.08. The predicted molar refractivity (Wildman–Crippen MR) is 90.8 cm³/mol. The molecule has 2 aromatic rings. The fraction of sp³-hybridized carbons (Fsp3) is 0.188. The summed E-state index contributed by atoms with van der Waals surface area (Å²) < 4.78 is 27.2. The van der Waals surface area contributed by atoms with Crippen LogP contribution in [0.25, 0.3) is 0 Å². The van der Waals surface area contributed by atoms with Gasteiger partial charge in [-0.2, -0.15) is 0 Å². The molecule has 0 aromatic heterocycles. The summed E-state index contributed by atoms with van der Waals surface area (Å²) in [5.41, 5.74) is 2.07. The largest absolute Gasteiger partial charge is 0.326 e. The Bertz CT molecular complexity index is 939. The number of anilines is 1. The predicted octanol–water partition coefficient (Wildman–Crippen LogP) is 1.61. The van der Waals surface area contributed by atoms with Gasteiger partial charge < -0.3 is 5.32 Å². The van der Waals surface area contributed by atoms with Gasteiger partial charge in [0.1, 0.15) is 0 Å². The third-order valence-electron chi connectivity index (χ3n) is 3.87. The van der Waals surface area contributed by atoms with Crippen LogP contribution in [0.4, 0.5) is 11.4 Å². The third-order valence-corrected chi connectivity index (χ3v) is 5.32. The van der Waals surface area contributed by atoms with Gasteiger partial charge in [-0.05, 0) is 35.7 Å². The van der Waals surface area contributed by atoms with Crippen LogP contribution in [0.1, 0.15) is 11.1 Å². The maximum Gasteiger partial charge on any atom is 0.269 e. The van der Waals surface area contributed by atoms with Crippen molar-refractivity contribution in [2.75, 3.05) is 11.9 Å². The molecule has 9 heteroatoms. The molecule has 0 saturated heterocycles. The van der Waals surface area contributed by atoms with Crippen LogP contribution in [0.2, 0.25) is 0 Å². The molecule has 3 rings (SSSR count). The minimum atomic E-state index is -3.69. The molecule has 1 aliphatic rings. The lowest BCUT2D eigenvalue weighted by Crippen LogP contribution is -2.26. The summed E-state index contributed by atoms with van der Waals surface area (Å²) in [5, 5.41) is 13.3. The van der Waals surface area contributed by atoms with Gasteiger partial charge in [-0.15, -0.1) is 0 Å². The van der Waals surface area contributed by atoms with Crippen molar-refractivity contribution in [3.8, 4) is 0 Å². The second kappa shape index (κ2) is 6.61. The monoisotopic (exact) mass is 361 g/mol. The van der Waals surface area contributed by atoms with Crippen LogP contribution in [0.5, 0.6) is 0 Å². The molecule has 0 fully saturated rings. The average Bonchev–Trinajstić information content (AvgIpc) is 2.94. The van der Waals surface area contributed by atoms with E-state index in [0.717, 1.165) is 5.56 Å². The molecule has 1 amide bonds. The van der Waals surface area contributed by atoms with Crippen molar-refractivity contribution >= 4 is 27.3 Å². The molecule has 0 atom stereocenters. The molecule has 0 spiro atoms. The van der Waals surface area contributed by atoms with E-state index >= 15 is 0 Å². The summed E-state index contributed by atoms with van der Waals surface area (Å²) in [5.74, 6) is -0.157. The van der Waals surface area contributed by atoms with Crippen LogP contribution < -0.4 is 10.0 Å². The molecule has 130 valence electrons. The molecule has 1 aliphatic heterocycles. The highest BCUT2D eigenvalue weighted by Gasteiger charge is 2.21. The van der Waals surface area contributed by atoms with Crippen LogP contribution in [0, 0.1) is 10.1 Å². The summed E-state index contributed by atoms with van der Waals surface area (Å²) in [6.45, 7) is 0.161. The van der Waals surface area contributed by atoms with Gasteiger partial charge >= 0.3 is 0 Å². The number of nitro groups is 1. The maximum absolute atomic E-state index is 12.3. The highest BCUT2D eigenvalue weighted by atomic mass is 32.2. The highest BCUT2D eigenvalue weighted by molar-refractivity contribution is 7.89. The van der Waals surface area contributed by atoms with Crippen molar-refractivity contribution < 1.29 is 18.1 Å². The van der Waals surface area contributed by atoms with E-state index < -0.39 is 14.9 Å². The lowest BCUT2D eigenvalue weighted by atomic mass is 10.1. The molecule has 1 heterocycles. The fourth-order valence-electron chi connectivity index (χ4n) is 2.57.